The zero-order valence-electron chi connectivity index (χ0n) is 15.0. The van der Waals surface area contributed by atoms with Gasteiger partial charge in [0.2, 0.25) is 0 Å². The van der Waals surface area contributed by atoms with Crippen LogP contribution in [0.4, 0.5) is 0 Å². The number of fused-ring (bicyclic) bond motifs is 1. The molecular formula is C21H19N3O2S. The SMILES string of the molecule is COc1cccc(-n2ccnc2S[C@H](C)C(=O)c2c[nH]c3ccccc23)c1. The number of para-hydroxylation sites is 1. The Morgan fingerprint density at radius 3 is 2.93 bits per heavy atom. The first kappa shape index (κ1) is 17.4. The Morgan fingerprint density at radius 2 is 2.07 bits per heavy atom. The largest absolute Gasteiger partial charge is 0.497 e. The molecule has 5 nitrogen and oxygen atoms in total. The molecule has 4 rings (SSSR count). The van der Waals surface area contributed by atoms with Gasteiger partial charge in [-0.25, -0.2) is 4.98 Å². The fourth-order valence-corrected chi connectivity index (χ4v) is 3.99. The Labute approximate surface area is 161 Å². The predicted octanol–water partition coefficient (Wildman–Crippen LogP) is 4.73. The summed E-state index contributed by atoms with van der Waals surface area (Å²) in [7, 11) is 1.64. The average molecular weight is 377 g/mol. The summed E-state index contributed by atoms with van der Waals surface area (Å²) in [4.78, 5) is 20.6. The highest BCUT2D eigenvalue weighted by molar-refractivity contribution is 8.00. The first-order valence-corrected chi connectivity index (χ1v) is 9.50. The first-order valence-electron chi connectivity index (χ1n) is 8.62. The molecule has 0 aliphatic carbocycles. The van der Waals surface area contributed by atoms with E-state index in [0.717, 1.165) is 27.5 Å². The number of aromatic amines is 1. The lowest BCUT2D eigenvalue weighted by Gasteiger charge is -2.12. The van der Waals surface area contributed by atoms with Crippen molar-refractivity contribution in [3.05, 3.63) is 72.7 Å². The molecule has 0 unspecified atom stereocenters. The highest BCUT2D eigenvalue weighted by atomic mass is 32.2. The molecule has 0 fully saturated rings. The normalized spacial score (nSPS) is 12.2. The maximum Gasteiger partial charge on any atom is 0.178 e. The first-order chi connectivity index (χ1) is 13.2. The van der Waals surface area contributed by atoms with Gasteiger partial charge in [-0.1, -0.05) is 36.0 Å². The van der Waals surface area contributed by atoms with Crippen LogP contribution in [-0.4, -0.2) is 32.7 Å². The van der Waals surface area contributed by atoms with Gasteiger partial charge in [0.15, 0.2) is 10.9 Å². The Hall–Kier alpha value is -2.99. The van der Waals surface area contributed by atoms with E-state index in [2.05, 4.69) is 9.97 Å². The fourth-order valence-electron chi connectivity index (χ4n) is 3.04. The van der Waals surface area contributed by atoms with Crippen LogP contribution in [0.2, 0.25) is 0 Å². The fraction of sp³-hybridized carbons (Fsp3) is 0.143. The van der Waals surface area contributed by atoms with Gasteiger partial charge >= 0.3 is 0 Å². The standard InChI is InChI=1S/C21H19N3O2S/c1-14(20(25)18-13-23-19-9-4-3-8-17(18)19)27-21-22-10-11-24(21)15-6-5-7-16(12-15)26-2/h3-14,23H,1-2H3/t14-/m1/s1. The van der Waals surface area contributed by atoms with E-state index in [1.807, 2.05) is 66.2 Å². The summed E-state index contributed by atoms with van der Waals surface area (Å²) in [5.41, 5.74) is 2.63. The molecule has 2 aromatic carbocycles. The monoisotopic (exact) mass is 377 g/mol. The predicted molar refractivity (Wildman–Crippen MR) is 108 cm³/mol. The molecule has 27 heavy (non-hydrogen) atoms. The molecule has 0 saturated heterocycles. The lowest BCUT2D eigenvalue weighted by atomic mass is 10.1. The van der Waals surface area contributed by atoms with Crippen LogP contribution in [0.1, 0.15) is 17.3 Å². The van der Waals surface area contributed by atoms with Crippen LogP contribution >= 0.6 is 11.8 Å². The zero-order valence-corrected chi connectivity index (χ0v) is 15.9. The number of ether oxygens (including phenoxy) is 1. The topological polar surface area (TPSA) is 59.9 Å². The van der Waals surface area contributed by atoms with E-state index in [1.54, 1.807) is 19.5 Å². The minimum atomic E-state index is -0.268. The maximum absolute atomic E-state index is 13.0. The number of imidazole rings is 1. The summed E-state index contributed by atoms with van der Waals surface area (Å²) in [6.07, 6.45) is 5.42. The number of hydrogen-bond acceptors (Lipinski definition) is 4. The summed E-state index contributed by atoms with van der Waals surface area (Å²) in [5.74, 6) is 0.859. The van der Waals surface area contributed by atoms with Crippen molar-refractivity contribution in [2.75, 3.05) is 7.11 Å². The quantitative estimate of drug-likeness (QED) is 0.390. The second kappa shape index (κ2) is 7.32. The van der Waals surface area contributed by atoms with Crippen LogP contribution in [0.5, 0.6) is 5.75 Å². The van der Waals surface area contributed by atoms with Crippen molar-refractivity contribution < 1.29 is 9.53 Å². The number of ketones is 1. The van der Waals surface area contributed by atoms with Crippen LogP contribution in [-0.2, 0) is 0 Å². The summed E-state index contributed by atoms with van der Waals surface area (Å²) in [6.45, 7) is 1.92. The van der Waals surface area contributed by atoms with E-state index in [4.69, 9.17) is 4.74 Å². The Morgan fingerprint density at radius 1 is 1.22 bits per heavy atom. The number of methoxy groups -OCH3 is 1. The summed E-state index contributed by atoms with van der Waals surface area (Å²) in [5, 5.41) is 1.45. The van der Waals surface area contributed by atoms with Gasteiger partial charge in [0.1, 0.15) is 5.75 Å². The summed E-state index contributed by atoms with van der Waals surface area (Å²) >= 11 is 1.45. The molecule has 2 aromatic heterocycles. The van der Waals surface area contributed by atoms with Crippen molar-refractivity contribution in [1.82, 2.24) is 14.5 Å². The van der Waals surface area contributed by atoms with Crippen LogP contribution in [0.15, 0.2) is 72.3 Å². The zero-order chi connectivity index (χ0) is 18.8. The number of rotatable bonds is 6. The highest BCUT2D eigenvalue weighted by Gasteiger charge is 2.21. The van der Waals surface area contributed by atoms with Gasteiger partial charge in [-0.2, -0.15) is 0 Å². The number of carbonyl (C=O) groups excluding carboxylic acids is 1. The van der Waals surface area contributed by atoms with Crippen LogP contribution in [0, 0.1) is 0 Å². The van der Waals surface area contributed by atoms with E-state index in [1.165, 1.54) is 11.8 Å². The van der Waals surface area contributed by atoms with Crippen molar-refractivity contribution in [1.29, 1.82) is 0 Å². The number of nitrogens with one attached hydrogen (secondary N) is 1. The molecule has 0 aliphatic heterocycles. The molecule has 2 heterocycles. The van der Waals surface area contributed by atoms with E-state index < -0.39 is 0 Å². The number of hydrogen-bond donors (Lipinski definition) is 1. The van der Waals surface area contributed by atoms with Crippen molar-refractivity contribution in [3.63, 3.8) is 0 Å². The molecule has 4 aromatic rings. The summed E-state index contributed by atoms with van der Waals surface area (Å²) in [6, 6.07) is 15.6. The lowest BCUT2D eigenvalue weighted by Crippen LogP contribution is -2.14. The molecule has 0 spiro atoms. The van der Waals surface area contributed by atoms with E-state index in [9.17, 15) is 4.79 Å². The van der Waals surface area contributed by atoms with Crippen molar-refractivity contribution in [2.24, 2.45) is 0 Å². The van der Waals surface area contributed by atoms with Crippen LogP contribution in [0.25, 0.3) is 16.6 Å². The Balaban J connectivity index is 1.59. The second-order valence-electron chi connectivity index (χ2n) is 6.15. The third-order valence-corrected chi connectivity index (χ3v) is 5.52. The van der Waals surface area contributed by atoms with Gasteiger partial charge in [-0.05, 0) is 25.1 Å². The number of H-pyrrole nitrogens is 1. The Bertz CT molecular complexity index is 1100. The number of nitrogens with zero attached hydrogens (tertiary/aromatic N) is 2. The van der Waals surface area contributed by atoms with Crippen LogP contribution in [0.3, 0.4) is 0 Å². The van der Waals surface area contributed by atoms with Gasteiger partial charge in [-0.15, -0.1) is 0 Å². The van der Waals surface area contributed by atoms with E-state index in [0.29, 0.717) is 5.56 Å². The number of aromatic nitrogens is 3. The molecule has 1 N–H and O–H groups in total. The molecule has 0 bridgehead atoms. The molecular weight excluding hydrogens is 358 g/mol. The van der Waals surface area contributed by atoms with E-state index in [-0.39, 0.29) is 11.0 Å². The van der Waals surface area contributed by atoms with Crippen LogP contribution < -0.4 is 4.74 Å². The van der Waals surface area contributed by atoms with Gasteiger partial charge in [0, 0.05) is 41.1 Å². The number of Topliss-reactive ketones (excluding diaryl/α,β-unsaturated/α-hetero) is 1. The van der Waals surface area contributed by atoms with Gasteiger partial charge < -0.3 is 9.72 Å². The molecule has 0 aliphatic rings. The van der Waals surface area contributed by atoms with Crippen molar-refractivity contribution in [2.45, 2.75) is 17.3 Å². The number of benzene rings is 2. The minimum absolute atomic E-state index is 0.0812. The third-order valence-electron chi connectivity index (χ3n) is 4.44. The number of thioether (sulfide) groups is 1. The molecule has 0 radical (unpaired) electrons. The molecule has 1 atom stereocenters. The molecule has 0 amide bonds. The smallest absolute Gasteiger partial charge is 0.178 e. The molecule has 6 heteroatoms. The summed E-state index contributed by atoms with van der Waals surface area (Å²) < 4.78 is 7.27. The highest BCUT2D eigenvalue weighted by Crippen LogP contribution is 2.29. The maximum atomic E-state index is 13.0. The number of carbonyl (C=O) groups is 1. The third kappa shape index (κ3) is 3.36. The van der Waals surface area contributed by atoms with E-state index >= 15 is 0 Å². The van der Waals surface area contributed by atoms with Crippen molar-refractivity contribution >= 4 is 28.4 Å². The Kier molecular flexibility index (Phi) is 4.73. The van der Waals surface area contributed by atoms with Gasteiger partial charge in [-0.3, -0.25) is 9.36 Å². The van der Waals surface area contributed by atoms with Gasteiger partial charge in [0.05, 0.1) is 18.0 Å². The van der Waals surface area contributed by atoms with Crippen molar-refractivity contribution in [3.8, 4) is 11.4 Å². The molecule has 0 saturated carbocycles. The molecule has 136 valence electrons. The minimum Gasteiger partial charge on any atom is -0.497 e. The van der Waals surface area contributed by atoms with Gasteiger partial charge in [0.25, 0.3) is 0 Å². The average Bonchev–Trinajstić information content (AvgIpc) is 3.34. The second-order valence-corrected chi connectivity index (χ2v) is 7.46. The lowest BCUT2D eigenvalue weighted by molar-refractivity contribution is 0.0995.